The van der Waals surface area contributed by atoms with Crippen LogP contribution >= 0.6 is 23.1 Å². The maximum absolute atomic E-state index is 12.6. The highest BCUT2D eigenvalue weighted by molar-refractivity contribution is 8.00. The summed E-state index contributed by atoms with van der Waals surface area (Å²) in [5, 5.41) is 0. The third kappa shape index (κ3) is 5.51. The van der Waals surface area contributed by atoms with Crippen LogP contribution in [0.3, 0.4) is 0 Å². The van der Waals surface area contributed by atoms with E-state index in [1.165, 1.54) is 35.9 Å². The van der Waals surface area contributed by atoms with Crippen LogP contribution in [0.2, 0.25) is 0 Å². The van der Waals surface area contributed by atoms with Gasteiger partial charge in [-0.25, -0.2) is 4.79 Å². The molecule has 1 fully saturated rings. The van der Waals surface area contributed by atoms with Gasteiger partial charge >= 0.3 is 5.97 Å². The van der Waals surface area contributed by atoms with Crippen molar-refractivity contribution < 1.29 is 19.1 Å². The fourth-order valence-electron chi connectivity index (χ4n) is 3.79. The third-order valence-electron chi connectivity index (χ3n) is 5.66. The first-order chi connectivity index (χ1) is 16.5. The Morgan fingerprint density at radius 1 is 1.03 bits per heavy atom. The first kappa shape index (κ1) is 24.0. The molecule has 1 aliphatic heterocycles. The number of hydrogen-bond donors (Lipinski definition) is 0. The van der Waals surface area contributed by atoms with Crippen LogP contribution in [-0.4, -0.2) is 72.0 Å². The number of fused-ring (bicyclic) bond motifs is 1. The average molecular weight is 499 g/mol. The zero-order valence-corrected chi connectivity index (χ0v) is 20.7. The molecule has 2 heterocycles. The van der Waals surface area contributed by atoms with Gasteiger partial charge in [0, 0.05) is 38.9 Å². The Morgan fingerprint density at radius 2 is 1.76 bits per heavy atom. The molecular formula is C24H26N4O4S2. The van der Waals surface area contributed by atoms with Crippen LogP contribution in [0.25, 0.3) is 10.2 Å². The van der Waals surface area contributed by atoms with Gasteiger partial charge in [0.25, 0.3) is 5.91 Å². The highest BCUT2D eigenvalue weighted by Gasteiger charge is 2.21. The lowest BCUT2D eigenvalue weighted by Gasteiger charge is -2.36. The number of amides is 2. The molecule has 178 valence electrons. The Balaban J connectivity index is 1.29. The summed E-state index contributed by atoms with van der Waals surface area (Å²) in [6.07, 6.45) is 0. The molecule has 4 rings (SSSR count). The number of para-hydroxylation sites is 1. The van der Waals surface area contributed by atoms with Crippen molar-refractivity contribution in [2.45, 2.75) is 0 Å². The van der Waals surface area contributed by atoms with Crippen molar-refractivity contribution in [3.05, 3.63) is 58.9 Å². The van der Waals surface area contributed by atoms with Crippen LogP contribution in [0.15, 0.2) is 53.5 Å². The number of piperazine rings is 1. The maximum atomic E-state index is 12.6. The van der Waals surface area contributed by atoms with E-state index in [2.05, 4.69) is 22.0 Å². The van der Waals surface area contributed by atoms with Crippen LogP contribution in [0, 0.1) is 0 Å². The van der Waals surface area contributed by atoms with Crippen molar-refractivity contribution in [3.63, 3.8) is 0 Å². The summed E-state index contributed by atoms with van der Waals surface area (Å²) in [6, 6.07) is 15.4. The molecule has 0 bridgehead atoms. The van der Waals surface area contributed by atoms with Gasteiger partial charge < -0.3 is 19.1 Å². The number of aryl methyl sites for hydroxylation is 1. The van der Waals surface area contributed by atoms with E-state index < -0.39 is 5.97 Å². The standard InChI is InChI=1S/C24H26N4O4S2/c1-26-19-9-8-17(23(31)32-2)14-20(19)34-24(26)25-21(29)15-33-16-22(30)28-12-10-27(11-13-28)18-6-4-3-5-7-18/h3-9,14H,10-13,15-16H2,1-2H3. The molecule has 0 saturated carbocycles. The van der Waals surface area contributed by atoms with Crippen LogP contribution in [0.4, 0.5) is 5.69 Å². The number of methoxy groups -OCH3 is 1. The number of esters is 1. The van der Waals surface area contributed by atoms with E-state index in [4.69, 9.17) is 4.74 Å². The number of carbonyl (C=O) groups excluding carboxylic acids is 3. The molecule has 1 aromatic heterocycles. The fraction of sp³-hybridized carbons (Fsp3) is 0.333. The third-order valence-corrected chi connectivity index (χ3v) is 7.65. The number of aromatic nitrogens is 1. The number of anilines is 1. The van der Waals surface area contributed by atoms with Crippen molar-refractivity contribution >= 4 is 56.8 Å². The van der Waals surface area contributed by atoms with Gasteiger partial charge in [-0.1, -0.05) is 29.5 Å². The summed E-state index contributed by atoms with van der Waals surface area (Å²) in [5.41, 5.74) is 2.50. The van der Waals surface area contributed by atoms with Crippen molar-refractivity contribution in [1.82, 2.24) is 9.47 Å². The molecular weight excluding hydrogens is 472 g/mol. The highest BCUT2D eigenvalue weighted by Crippen LogP contribution is 2.19. The normalized spacial score (nSPS) is 14.5. The molecule has 2 aromatic carbocycles. The molecule has 0 radical (unpaired) electrons. The van der Waals surface area contributed by atoms with Crippen LogP contribution in [0.1, 0.15) is 10.4 Å². The minimum atomic E-state index is -0.407. The molecule has 0 aliphatic carbocycles. The second-order valence-corrected chi connectivity index (χ2v) is 9.81. The minimum absolute atomic E-state index is 0.0493. The first-order valence-electron chi connectivity index (χ1n) is 10.9. The van der Waals surface area contributed by atoms with E-state index in [1.807, 2.05) is 40.8 Å². The predicted molar refractivity (Wildman–Crippen MR) is 135 cm³/mol. The summed E-state index contributed by atoms with van der Waals surface area (Å²) >= 11 is 2.62. The zero-order valence-electron chi connectivity index (χ0n) is 19.1. The second-order valence-electron chi connectivity index (χ2n) is 7.82. The van der Waals surface area contributed by atoms with Crippen molar-refractivity contribution in [1.29, 1.82) is 0 Å². The van der Waals surface area contributed by atoms with Crippen LogP contribution in [0.5, 0.6) is 0 Å². The van der Waals surface area contributed by atoms with E-state index in [-0.39, 0.29) is 23.3 Å². The number of thioether (sulfide) groups is 1. The summed E-state index contributed by atoms with van der Waals surface area (Å²) in [7, 11) is 3.17. The Hall–Kier alpha value is -3.11. The summed E-state index contributed by atoms with van der Waals surface area (Å²) in [5.74, 6) is -0.254. The minimum Gasteiger partial charge on any atom is -0.465 e. The first-order valence-corrected chi connectivity index (χ1v) is 12.8. The number of thiazole rings is 1. The molecule has 0 atom stereocenters. The second kappa shape index (κ2) is 10.9. The lowest BCUT2D eigenvalue weighted by atomic mass is 10.2. The van der Waals surface area contributed by atoms with Gasteiger partial charge in [-0.2, -0.15) is 4.99 Å². The van der Waals surface area contributed by atoms with Crippen LogP contribution < -0.4 is 9.70 Å². The SMILES string of the molecule is COC(=O)c1ccc2c(c1)sc(=NC(=O)CSCC(=O)N1CCN(c3ccccc3)CC1)n2C. The molecule has 1 aliphatic rings. The molecule has 10 heteroatoms. The summed E-state index contributed by atoms with van der Waals surface area (Å²) < 4.78 is 7.43. The van der Waals surface area contributed by atoms with E-state index >= 15 is 0 Å². The Bertz CT molecular complexity index is 1260. The monoisotopic (exact) mass is 498 g/mol. The van der Waals surface area contributed by atoms with E-state index in [9.17, 15) is 14.4 Å². The molecule has 34 heavy (non-hydrogen) atoms. The zero-order chi connectivity index (χ0) is 24.1. The van der Waals surface area contributed by atoms with Crippen LogP contribution in [-0.2, 0) is 21.4 Å². The van der Waals surface area contributed by atoms with Crippen molar-refractivity contribution in [3.8, 4) is 0 Å². The smallest absolute Gasteiger partial charge is 0.337 e. The summed E-state index contributed by atoms with van der Waals surface area (Å²) in [4.78, 5) is 45.6. The van der Waals surface area contributed by atoms with E-state index in [1.54, 1.807) is 12.1 Å². The molecule has 8 nitrogen and oxygen atoms in total. The van der Waals surface area contributed by atoms with Gasteiger partial charge in [0.15, 0.2) is 4.80 Å². The lowest BCUT2D eigenvalue weighted by Crippen LogP contribution is -2.49. The molecule has 0 unspecified atom stereocenters. The quantitative estimate of drug-likeness (QED) is 0.486. The number of ether oxygens (including phenoxy) is 1. The van der Waals surface area contributed by atoms with E-state index in [0.717, 1.165) is 23.3 Å². The lowest BCUT2D eigenvalue weighted by molar-refractivity contribution is -0.128. The van der Waals surface area contributed by atoms with Gasteiger partial charge in [-0.15, -0.1) is 11.8 Å². The van der Waals surface area contributed by atoms with Gasteiger partial charge in [-0.3, -0.25) is 9.59 Å². The topological polar surface area (TPSA) is 84.2 Å². The fourth-order valence-corrected chi connectivity index (χ4v) is 5.57. The van der Waals surface area contributed by atoms with Crippen molar-refractivity contribution in [2.24, 2.45) is 12.0 Å². The Kier molecular flexibility index (Phi) is 7.69. The highest BCUT2D eigenvalue weighted by atomic mass is 32.2. The number of hydrogen-bond acceptors (Lipinski definition) is 7. The van der Waals surface area contributed by atoms with E-state index in [0.29, 0.717) is 23.5 Å². The largest absolute Gasteiger partial charge is 0.465 e. The van der Waals surface area contributed by atoms with Gasteiger partial charge in [0.2, 0.25) is 5.91 Å². The average Bonchev–Trinajstić information content (AvgIpc) is 3.18. The molecule has 1 saturated heterocycles. The molecule has 0 N–H and O–H groups in total. The molecule has 2 amide bonds. The molecule has 0 spiro atoms. The number of nitrogens with zero attached hydrogens (tertiary/aromatic N) is 4. The van der Waals surface area contributed by atoms with Gasteiger partial charge in [0.1, 0.15) is 0 Å². The maximum Gasteiger partial charge on any atom is 0.337 e. The summed E-state index contributed by atoms with van der Waals surface area (Å²) in [6.45, 7) is 2.96. The van der Waals surface area contributed by atoms with Gasteiger partial charge in [0.05, 0.1) is 34.4 Å². The van der Waals surface area contributed by atoms with Gasteiger partial charge in [-0.05, 0) is 30.3 Å². The molecule has 3 aromatic rings. The Labute approximate surface area is 205 Å². The Morgan fingerprint density at radius 3 is 2.47 bits per heavy atom. The van der Waals surface area contributed by atoms with Crippen molar-refractivity contribution in [2.75, 3.05) is 49.7 Å². The number of rotatable bonds is 6. The number of benzene rings is 2. The predicted octanol–water partition coefficient (Wildman–Crippen LogP) is 2.54. The number of carbonyl (C=O) groups is 3.